The molecule has 15 heavy (non-hydrogen) atoms. The van der Waals surface area contributed by atoms with Gasteiger partial charge in [0.2, 0.25) is 0 Å². The summed E-state index contributed by atoms with van der Waals surface area (Å²) in [5.74, 6) is 1.68. The Morgan fingerprint density at radius 1 is 1.33 bits per heavy atom. The molecule has 0 aromatic heterocycles. The summed E-state index contributed by atoms with van der Waals surface area (Å²) in [5, 5.41) is 0. The maximum absolute atomic E-state index is 12.6. The summed E-state index contributed by atoms with van der Waals surface area (Å²) in [5.41, 5.74) is 5.66. The second-order valence-electron chi connectivity index (χ2n) is 4.10. The zero-order valence-electron chi connectivity index (χ0n) is 8.66. The summed E-state index contributed by atoms with van der Waals surface area (Å²) in [6, 6.07) is 6.11. The first-order valence-electron chi connectivity index (χ1n) is 5.38. The van der Waals surface area contributed by atoms with Crippen molar-refractivity contribution in [3.05, 3.63) is 30.1 Å². The van der Waals surface area contributed by atoms with Gasteiger partial charge in [0.25, 0.3) is 0 Å². The van der Waals surface area contributed by atoms with E-state index >= 15 is 0 Å². The monoisotopic (exact) mass is 209 g/mol. The summed E-state index contributed by atoms with van der Waals surface area (Å²) >= 11 is 0. The smallest absolute Gasteiger partial charge is 0.123 e. The molecular formula is C12H16FNO. The highest BCUT2D eigenvalue weighted by Gasteiger charge is 2.30. The van der Waals surface area contributed by atoms with E-state index in [0.717, 1.165) is 11.7 Å². The highest BCUT2D eigenvalue weighted by Crippen LogP contribution is 2.36. The standard InChI is InChI=1S/C12H16FNO/c13-11-3-5-12(6-4-11)15-8-10(7-14)9-1-2-9/h3-6,9-10H,1-2,7-8,14H2. The second-order valence-corrected chi connectivity index (χ2v) is 4.10. The van der Waals surface area contributed by atoms with Crippen molar-refractivity contribution in [1.82, 2.24) is 0 Å². The molecule has 1 unspecified atom stereocenters. The van der Waals surface area contributed by atoms with E-state index in [9.17, 15) is 4.39 Å². The molecule has 1 aromatic rings. The van der Waals surface area contributed by atoms with Gasteiger partial charge in [-0.05, 0) is 49.6 Å². The van der Waals surface area contributed by atoms with Gasteiger partial charge in [-0.2, -0.15) is 0 Å². The van der Waals surface area contributed by atoms with Gasteiger partial charge >= 0.3 is 0 Å². The van der Waals surface area contributed by atoms with E-state index < -0.39 is 0 Å². The predicted octanol–water partition coefficient (Wildman–Crippen LogP) is 2.19. The second kappa shape index (κ2) is 4.62. The molecule has 1 atom stereocenters. The molecular weight excluding hydrogens is 193 g/mol. The van der Waals surface area contributed by atoms with Crippen LogP contribution in [-0.4, -0.2) is 13.2 Å². The number of benzene rings is 1. The normalized spacial score (nSPS) is 17.5. The van der Waals surface area contributed by atoms with Crippen molar-refractivity contribution in [3.8, 4) is 5.75 Å². The minimum atomic E-state index is -0.236. The summed E-state index contributed by atoms with van der Waals surface area (Å²) < 4.78 is 18.2. The van der Waals surface area contributed by atoms with E-state index in [1.54, 1.807) is 12.1 Å². The molecule has 0 spiro atoms. The first kappa shape index (κ1) is 10.4. The molecule has 0 aliphatic heterocycles. The van der Waals surface area contributed by atoms with Crippen LogP contribution < -0.4 is 10.5 Å². The van der Waals surface area contributed by atoms with Crippen LogP contribution in [0.25, 0.3) is 0 Å². The first-order valence-corrected chi connectivity index (χ1v) is 5.38. The molecule has 1 aliphatic carbocycles. The van der Waals surface area contributed by atoms with E-state index in [-0.39, 0.29) is 5.82 Å². The molecule has 0 saturated heterocycles. The van der Waals surface area contributed by atoms with Crippen LogP contribution in [0.15, 0.2) is 24.3 Å². The quantitative estimate of drug-likeness (QED) is 0.806. The Hall–Kier alpha value is -1.09. The zero-order valence-corrected chi connectivity index (χ0v) is 8.66. The van der Waals surface area contributed by atoms with Crippen LogP contribution in [0.5, 0.6) is 5.75 Å². The van der Waals surface area contributed by atoms with E-state index in [1.165, 1.54) is 25.0 Å². The van der Waals surface area contributed by atoms with E-state index in [4.69, 9.17) is 10.5 Å². The topological polar surface area (TPSA) is 35.2 Å². The Bertz CT molecular complexity index is 308. The molecule has 1 aromatic carbocycles. The van der Waals surface area contributed by atoms with Gasteiger partial charge in [0.05, 0.1) is 6.61 Å². The number of halogens is 1. The van der Waals surface area contributed by atoms with Gasteiger partial charge in [-0.15, -0.1) is 0 Å². The number of nitrogens with two attached hydrogens (primary N) is 1. The van der Waals surface area contributed by atoms with E-state index in [0.29, 0.717) is 19.1 Å². The van der Waals surface area contributed by atoms with Gasteiger partial charge in [0.15, 0.2) is 0 Å². The number of hydrogen-bond donors (Lipinski definition) is 1. The van der Waals surface area contributed by atoms with E-state index in [1.807, 2.05) is 0 Å². The van der Waals surface area contributed by atoms with Crippen LogP contribution in [0.3, 0.4) is 0 Å². The average Bonchev–Trinajstić information content (AvgIpc) is 3.06. The molecule has 2 N–H and O–H groups in total. The molecule has 1 fully saturated rings. The summed E-state index contributed by atoms with van der Waals surface area (Å²) in [6.45, 7) is 1.32. The van der Waals surface area contributed by atoms with Crippen LogP contribution >= 0.6 is 0 Å². The fourth-order valence-electron chi connectivity index (χ4n) is 1.70. The SMILES string of the molecule is NCC(COc1ccc(F)cc1)C1CC1. The van der Waals surface area contributed by atoms with Crippen molar-refractivity contribution in [2.75, 3.05) is 13.2 Å². The third-order valence-corrected chi connectivity index (χ3v) is 2.87. The first-order chi connectivity index (χ1) is 7.29. The minimum absolute atomic E-state index is 0.236. The molecule has 2 nitrogen and oxygen atoms in total. The lowest BCUT2D eigenvalue weighted by molar-refractivity contribution is 0.235. The molecule has 0 amide bonds. The molecule has 1 saturated carbocycles. The lowest BCUT2D eigenvalue weighted by atomic mass is 10.1. The molecule has 0 radical (unpaired) electrons. The fraction of sp³-hybridized carbons (Fsp3) is 0.500. The van der Waals surface area contributed by atoms with E-state index in [2.05, 4.69) is 0 Å². The molecule has 2 rings (SSSR count). The maximum atomic E-state index is 12.6. The lowest BCUT2D eigenvalue weighted by Crippen LogP contribution is -2.23. The summed E-state index contributed by atoms with van der Waals surface area (Å²) in [4.78, 5) is 0. The van der Waals surface area contributed by atoms with Crippen LogP contribution in [0.1, 0.15) is 12.8 Å². The number of ether oxygens (including phenoxy) is 1. The van der Waals surface area contributed by atoms with Crippen molar-refractivity contribution in [2.24, 2.45) is 17.6 Å². The highest BCUT2D eigenvalue weighted by atomic mass is 19.1. The van der Waals surface area contributed by atoms with Crippen molar-refractivity contribution in [1.29, 1.82) is 0 Å². The maximum Gasteiger partial charge on any atom is 0.123 e. The molecule has 0 heterocycles. The highest BCUT2D eigenvalue weighted by molar-refractivity contribution is 5.22. The Kier molecular flexibility index (Phi) is 3.21. The van der Waals surface area contributed by atoms with Crippen LogP contribution in [0.2, 0.25) is 0 Å². The van der Waals surface area contributed by atoms with Gasteiger partial charge in [-0.3, -0.25) is 0 Å². The van der Waals surface area contributed by atoms with Crippen LogP contribution in [0.4, 0.5) is 4.39 Å². The molecule has 1 aliphatic rings. The van der Waals surface area contributed by atoms with Gasteiger partial charge in [0.1, 0.15) is 11.6 Å². The largest absolute Gasteiger partial charge is 0.493 e. The van der Waals surface area contributed by atoms with Crippen molar-refractivity contribution in [3.63, 3.8) is 0 Å². The molecule has 82 valence electrons. The third kappa shape index (κ3) is 2.93. The number of rotatable bonds is 5. The van der Waals surface area contributed by atoms with Gasteiger partial charge in [-0.25, -0.2) is 4.39 Å². The Labute approximate surface area is 89.2 Å². The Balaban J connectivity index is 1.83. The zero-order chi connectivity index (χ0) is 10.7. The van der Waals surface area contributed by atoms with Crippen LogP contribution in [-0.2, 0) is 0 Å². The van der Waals surface area contributed by atoms with Crippen LogP contribution in [0, 0.1) is 17.7 Å². The van der Waals surface area contributed by atoms with Crippen molar-refractivity contribution < 1.29 is 9.13 Å². The van der Waals surface area contributed by atoms with Crippen molar-refractivity contribution >= 4 is 0 Å². The summed E-state index contributed by atoms with van der Waals surface area (Å²) in [6.07, 6.45) is 2.54. The molecule has 3 heteroatoms. The molecule has 0 bridgehead atoms. The number of hydrogen-bond acceptors (Lipinski definition) is 2. The van der Waals surface area contributed by atoms with Gasteiger partial charge in [-0.1, -0.05) is 0 Å². The third-order valence-electron chi connectivity index (χ3n) is 2.87. The predicted molar refractivity (Wildman–Crippen MR) is 57.2 cm³/mol. The fourth-order valence-corrected chi connectivity index (χ4v) is 1.70. The average molecular weight is 209 g/mol. The minimum Gasteiger partial charge on any atom is -0.493 e. The van der Waals surface area contributed by atoms with Crippen molar-refractivity contribution in [2.45, 2.75) is 12.8 Å². The lowest BCUT2D eigenvalue weighted by Gasteiger charge is -2.14. The van der Waals surface area contributed by atoms with Gasteiger partial charge < -0.3 is 10.5 Å². The Morgan fingerprint density at radius 2 is 2.00 bits per heavy atom. The Morgan fingerprint density at radius 3 is 2.53 bits per heavy atom. The van der Waals surface area contributed by atoms with Gasteiger partial charge in [0, 0.05) is 5.92 Å². The summed E-state index contributed by atoms with van der Waals surface area (Å²) in [7, 11) is 0.